The van der Waals surface area contributed by atoms with Crippen LogP contribution in [0.5, 0.6) is 17.2 Å². The van der Waals surface area contributed by atoms with Gasteiger partial charge in [-0.25, -0.2) is 4.39 Å². The van der Waals surface area contributed by atoms with Crippen LogP contribution in [0.25, 0.3) is 0 Å². The van der Waals surface area contributed by atoms with E-state index < -0.39 is 15.9 Å². The predicted octanol–water partition coefficient (Wildman–Crippen LogP) is 2.61. The van der Waals surface area contributed by atoms with Crippen molar-refractivity contribution in [3.8, 4) is 17.2 Å². The Hall–Kier alpha value is -2.28. The van der Waals surface area contributed by atoms with E-state index in [1.54, 1.807) is 6.07 Å². The zero-order valence-corrected chi connectivity index (χ0v) is 12.2. The van der Waals surface area contributed by atoms with E-state index in [4.69, 9.17) is 13.7 Å². The molecule has 5 nitrogen and oxygen atoms in total. The van der Waals surface area contributed by atoms with Crippen LogP contribution in [0.3, 0.4) is 0 Å². The van der Waals surface area contributed by atoms with Crippen molar-refractivity contribution in [3.05, 3.63) is 48.3 Å². The molecule has 21 heavy (non-hydrogen) atoms. The predicted molar refractivity (Wildman–Crippen MR) is 73.8 cm³/mol. The van der Waals surface area contributed by atoms with Crippen LogP contribution in [0.15, 0.2) is 47.4 Å². The van der Waals surface area contributed by atoms with Crippen molar-refractivity contribution in [1.29, 1.82) is 0 Å². The van der Waals surface area contributed by atoms with Gasteiger partial charge in [0, 0.05) is 6.07 Å². The Balaban J connectivity index is 2.46. The second-order valence-electron chi connectivity index (χ2n) is 3.98. The van der Waals surface area contributed by atoms with Crippen LogP contribution in [0.1, 0.15) is 0 Å². The Morgan fingerprint density at radius 1 is 0.952 bits per heavy atom. The van der Waals surface area contributed by atoms with Crippen molar-refractivity contribution < 1.29 is 26.5 Å². The minimum absolute atomic E-state index is 0.0761. The third-order valence-corrected chi connectivity index (χ3v) is 3.93. The number of methoxy groups -OCH3 is 2. The van der Waals surface area contributed by atoms with Gasteiger partial charge in [0.05, 0.1) is 14.2 Å². The maximum Gasteiger partial charge on any atom is 0.343 e. The second kappa shape index (κ2) is 6.01. The van der Waals surface area contributed by atoms with E-state index in [9.17, 15) is 12.8 Å². The maximum absolute atomic E-state index is 13.5. The molecule has 0 amide bonds. The molecule has 2 aromatic rings. The molecule has 0 saturated heterocycles. The van der Waals surface area contributed by atoms with Gasteiger partial charge >= 0.3 is 10.1 Å². The highest BCUT2D eigenvalue weighted by atomic mass is 32.2. The second-order valence-corrected chi connectivity index (χ2v) is 5.50. The summed E-state index contributed by atoms with van der Waals surface area (Å²) in [5.41, 5.74) is 0. The van der Waals surface area contributed by atoms with E-state index in [0.717, 1.165) is 6.07 Å². The molecule has 0 radical (unpaired) electrons. The number of hydrogen-bond donors (Lipinski definition) is 0. The van der Waals surface area contributed by atoms with Crippen molar-refractivity contribution in [2.75, 3.05) is 14.2 Å². The van der Waals surface area contributed by atoms with Gasteiger partial charge in [-0.05, 0) is 24.3 Å². The molecule has 0 aromatic heterocycles. The Morgan fingerprint density at radius 2 is 1.67 bits per heavy atom. The summed E-state index contributed by atoms with van der Waals surface area (Å²) in [4.78, 5) is -0.243. The molecule has 0 bridgehead atoms. The van der Waals surface area contributed by atoms with E-state index in [0.29, 0.717) is 5.75 Å². The molecule has 0 unspecified atom stereocenters. The fraction of sp³-hybridized carbons (Fsp3) is 0.143. The number of hydrogen-bond acceptors (Lipinski definition) is 5. The molecular formula is C14H13FO5S. The lowest BCUT2D eigenvalue weighted by atomic mass is 10.3. The molecule has 112 valence electrons. The normalized spacial score (nSPS) is 11.0. The van der Waals surface area contributed by atoms with Gasteiger partial charge in [0.1, 0.15) is 11.5 Å². The summed E-state index contributed by atoms with van der Waals surface area (Å²) in [7, 11) is -1.53. The summed E-state index contributed by atoms with van der Waals surface area (Å²) in [5.74, 6) is -0.774. The first kappa shape index (κ1) is 15.1. The van der Waals surface area contributed by atoms with Crippen molar-refractivity contribution in [1.82, 2.24) is 0 Å². The summed E-state index contributed by atoms with van der Waals surface area (Å²) < 4.78 is 52.9. The SMILES string of the molecule is COc1ccc(OC)c(S(=O)(=O)Oc2ccccc2F)c1. The molecule has 0 atom stereocenters. The maximum atomic E-state index is 13.5. The van der Waals surface area contributed by atoms with Crippen LogP contribution < -0.4 is 13.7 Å². The zero-order chi connectivity index (χ0) is 15.5. The van der Waals surface area contributed by atoms with Gasteiger partial charge in [0.2, 0.25) is 0 Å². The lowest BCUT2D eigenvalue weighted by Crippen LogP contribution is -2.12. The van der Waals surface area contributed by atoms with Crippen molar-refractivity contribution >= 4 is 10.1 Å². The van der Waals surface area contributed by atoms with E-state index in [1.807, 2.05) is 0 Å². The van der Waals surface area contributed by atoms with E-state index in [2.05, 4.69) is 0 Å². The number of halogens is 1. The largest absolute Gasteiger partial charge is 0.497 e. The van der Waals surface area contributed by atoms with Crippen LogP contribution in [0.4, 0.5) is 4.39 Å². The molecule has 0 aliphatic carbocycles. The molecule has 0 heterocycles. The van der Waals surface area contributed by atoms with Gasteiger partial charge in [-0.1, -0.05) is 12.1 Å². The first-order valence-electron chi connectivity index (χ1n) is 5.89. The molecule has 0 saturated carbocycles. The van der Waals surface area contributed by atoms with Crippen molar-refractivity contribution in [2.24, 2.45) is 0 Å². The minimum Gasteiger partial charge on any atom is -0.497 e. The number of rotatable bonds is 5. The summed E-state index contributed by atoms with van der Waals surface area (Å²) in [6, 6.07) is 9.44. The van der Waals surface area contributed by atoms with E-state index in [1.165, 1.54) is 44.6 Å². The molecule has 0 fully saturated rings. The molecule has 2 aromatic carbocycles. The summed E-state index contributed by atoms with van der Waals surface area (Å²) >= 11 is 0. The zero-order valence-electron chi connectivity index (χ0n) is 11.4. The summed E-state index contributed by atoms with van der Waals surface area (Å²) in [6.45, 7) is 0. The molecule has 2 rings (SSSR count). The van der Waals surface area contributed by atoms with E-state index >= 15 is 0 Å². The Kier molecular flexibility index (Phi) is 4.32. The van der Waals surface area contributed by atoms with Crippen LogP contribution in [0.2, 0.25) is 0 Å². The molecule has 0 N–H and O–H groups in total. The smallest absolute Gasteiger partial charge is 0.343 e. The molecular weight excluding hydrogens is 299 g/mol. The number of benzene rings is 2. The molecule has 7 heteroatoms. The third kappa shape index (κ3) is 3.25. The van der Waals surface area contributed by atoms with Crippen molar-refractivity contribution in [3.63, 3.8) is 0 Å². The first-order chi connectivity index (χ1) is 9.97. The highest BCUT2D eigenvalue weighted by molar-refractivity contribution is 7.87. The van der Waals surface area contributed by atoms with Crippen LogP contribution in [0, 0.1) is 5.82 Å². The Bertz CT molecular complexity index is 743. The van der Waals surface area contributed by atoms with Gasteiger partial charge < -0.3 is 13.7 Å². The topological polar surface area (TPSA) is 61.8 Å². The molecule has 0 spiro atoms. The fourth-order valence-electron chi connectivity index (χ4n) is 1.65. The Morgan fingerprint density at radius 3 is 2.29 bits per heavy atom. The lowest BCUT2D eigenvalue weighted by Gasteiger charge is -2.12. The average Bonchev–Trinajstić information content (AvgIpc) is 2.48. The minimum atomic E-state index is -4.26. The quantitative estimate of drug-likeness (QED) is 0.794. The highest BCUT2D eigenvalue weighted by Crippen LogP contribution is 2.31. The number of ether oxygens (including phenoxy) is 2. The van der Waals surface area contributed by atoms with Crippen molar-refractivity contribution in [2.45, 2.75) is 4.90 Å². The van der Waals surface area contributed by atoms with Gasteiger partial charge in [-0.3, -0.25) is 0 Å². The van der Waals surface area contributed by atoms with Crippen LogP contribution in [-0.4, -0.2) is 22.6 Å². The third-order valence-electron chi connectivity index (χ3n) is 2.68. The fourth-order valence-corrected chi connectivity index (χ4v) is 2.77. The monoisotopic (exact) mass is 312 g/mol. The van der Waals surface area contributed by atoms with Gasteiger partial charge in [-0.15, -0.1) is 0 Å². The first-order valence-corrected chi connectivity index (χ1v) is 7.30. The lowest BCUT2D eigenvalue weighted by molar-refractivity contribution is 0.387. The highest BCUT2D eigenvalue weighted by Gasteiger charge is 2.24. The van der Waals surface area contributed by atoms with Gasteiger partial charge in [-0.2, -0.15) is 8.42 Å². The molecule has 0 aliphatic rings. The van der Waals surface area contributed by atoms with Gasteiger partial charge in [0.25, 0.3) is 0 Å². The van der Waals surface area contributed by atoms with Crippen LogP contribution >= 0.6 is 0 Å². The van der Waals surface area contributed by atoms with E-state index in [-0.39, 0.29) is 16.4 Å². The number of para-hydroxylation sites is 1. The summed E-state index contributed by atoms with van der Waals surface area (Å²) in [6.07, 6.45) is 0. The standard InChI is InChI=1S/C14H13FO5S/c1-18-10-7-8-13(19-2)14(9-10)21(16,17)20-12-6-4-3-5-11(12)15/h3-9H,1-2H3. The van der Waals surface area contributed by atoms with Gasteiger partial charge in [0.15, 0.2) is 16.5 Å². The van der Waals surface area contributed by atoms with Crippen LogP contribution in [-0.2, 0) is 10.1 Å². The Labute approximate surface area is 122 Å². The molecule has 0 aliphatic heterocycles. The summed E-state index contributed by atoms with van der Waals surface area (Å²) in [5, 5.41) is 0. The average molecular weight is 312 g/mol.